The van der Waals surface area contributed by atoms with Gasteiger partial charge in [0.25, 0.3) is 5.56 Å². The molecule has 0 atom stereocenters. The van der Waals surface area contributed by atoms with Gasteiger partial charge in [-0.25, -0.2) is 9.67 Å². The molecule has 0 spiro atoms. The number of aromatic nitrogens is 4. The van der Waals surface area contributed by atoms with Crippen molar-refractivity contribution < 1.29 is 13.2 Å². The second-order valence-corrected chi connectivity index (χ2v) is 7.25. The molecule has 0 saturated carbocycles. The minimum absolute atomic E-state index is 0.227. The number of aryl methyl sites for hydroxylation is 1. The van der Waals surface area contributed by atoms with Crippen molar-refractivity contribution in [3.8, 4) is 5.69 Å². The van der Waals surface area contributed by atoms with Gasteiger partial charge in [-0.3, -0.25) is 9.69 Å². The zero-order valence-electron chi connectivity index (χ0n) is 16.0. The Morgan fingerprint density at radius 2 is 1.97 bits per heavy atom. The molecule has 2 aromatic heterocycles. The van der Waals surface area contributed by atoms with Crippen LogP contribution in [0.5, 0.6) is 0 Å². The molecule has 3 heterocycles. The van der Waals surface area contributed by atoms with Crippen molar-refractivity contribution in [2.75, 3.05) is 6.54 Å². The van der Waals surface area contributed by atoms with E-state index in [4.69, 9.17) is 0 Å². The van der Waals surface area contributed by atoms with Crippen LogP contribution in [0.15, 0.2) is 35.3 Å². The van der Waals surface area contributed by atoms with Crippen molar-refractivity contribution in [3.05, 3.63) is 74.7 Å². The van der Waals surface area contributed by atoms with Gasteiger partial charge >= 0.3 is 6.18 Å². The van der Waals surface area contributed by atoms with Crippen LogP contribution in [0.1, 0.15) is 33.9 Å². The van der Waals surface area contributed by atoms with Gasteiger partial charge < -0.3 is 4.98 Å². The third kappa shape index (κ3) is 3.69. The van der Waals surface area contributed by atoms with Crippen LogP contribution in [-0.2, 0) is 25.7 Å². The van der Waals surface area contributed by atoms with Gasteiger partial charge in [-0.2, -0.15) is 18.3 Å². The third-order valence-electron chi connectivity index (χ3n) is 5.27. The minimum atomic E-state index is -4.66. The summed E-state index contributed by atoms with van der Waals surface area (Å²) < 4.78 is 40.5. The molecule has 152 valence electrons. The van der Waals surface area contributed by atoms with E-state index < -0.39 is 17.6 Å². The average Bonchev–Trinajstić information content (AvgIpc) is 3.02. The Morgan fingerprint density at radius 3 is 2.69 bits per heavy atom. The molecule has 9 heteroatoms. The first-order valence-corrected chi connectivity index (χ1v) is 9.25. The van der Waals surface area contributed by atoms with E-state index in [1.165, 1.54) is 0 Å². The number of para-hydroxylation sites is 1. The molecule has 0 bridgehead atoms. The van der Waals surface area contributed by atoms with Crippen LogP contribution in [0.4, 0.5) is 13.2 Å². The number of benzene rings is 1. The van der Waals surface area contributed by atoms with Crippen molar-refractivity contribution in [2.24, 2.45) is 0 Å². The summed E-state index contributed by atoms with van der Waals surface area (Å²) >= 11 is 0. The zero-order valence-corrected chi connectivity index (χ0v) is 16.0. The maximum Gasteiger partial charge on any atom is 0.449 e. The number of fused-ring (bicyclic) bond motifs is 1. The topological polar surface area (TPSA) is 66.8 Å². The van der Waals surface area contributed by atoms with Gasteiger partial charge in [0.1, 0.15) is 0 Å². The van der Waals surface area contributed by atoms with Gasteiger partial charge in [0.15, 0.2) is 0 Å². The monoisotopic (exact) mass is 403 g/mol. The number of aromatic amines is 1. The highest BCUT2D eigenvalue weighted by Gasteiger charge is 2.36. The van der Waals surface area contributed by atoms with Crippen LogP contribution in [-0.4, -0.2) is 31.2 Å². The minimum Gasteiger partial charge on any atom is -0.303 e. The summed E-state index contributed by atoms with van der Waals surface area (Å²) in [7, 11) is 0. The van der Waals surface area contributed by atoms with E-state index in [0.717, 1.165) is 22.5 Å². The highest BCUT2D eigenvalue weighted by atomic mass is 19.4. The molecule has 0 unspecified atom stereocenters. The molecule has 0 amide bonds. The molecule has 1 aliphatic rings. The lowest BCUT2D eigenvalue weighted by Gasteiger charge is -2.27. The van der Waals surface area contributed by atoms with Gasteiger partial charge in [0, 0.05) is 37.3 Å². The molecule has 1 aromatic carbocycles. The SMILES string of the molecule is Cc1ccccc1-n1ncc(CN2CCc3nc(C(F)(F)F)[nH]c(=O)c3C2)c1C. The first-order valence-electron chi connectivity index (χ1n) is 9.25. The average molecular weight is 403 g/mol. The number of rotatable bonds is 3. The van der Waals surface area contributed by atoms with Crippen molar-refractivity contribution in [2.45, 2.75) is 39.5 Å². The van der Waals surface area contributed by atoms with E-state index in [1.54, 1.807) is 6.20 Å². The summed E-state index contributed by atoms with van der Waals surface area (Å²) in [6, 6.07) is 7.95. The predicted octanol–water partition coefficient (Wildman–Crippen LogP) is 3.15. The zero-order chi connectivity index (χ0) is 20.8. The van der Waals surface area contributed by atoms with Crippen LogP contribution in [0.2, 0.25) is 0 Å². The number of nitrogens with one attached hydrogen (secondary N) is 1. The molecule has 6 nitrogen and oxygen atoms in total. The highest BCUT2D eigenvalue weighted by molar-refractivity contribution is 5.41. The maximum atomic E-state index is 12.9. The molecule has 0 aliphatic carbocycles. The first kappa shape index (κ1) is 19.4. The lowest BCUT2D eigenvalue weighted by Crippen LogP contribution is -2.36. The van der Waals surface area contributed by atoms with Crippen LogP contribution in [0.25, 0.3) is 5.69 Å². The fourth-order valence-electron chi connectivity index (χ4n) is 3.63. The van der Waals surface area contributed by atoms with E-state index in [0.29, 0.717) is 25.1 Å². The Morgan fingerprint density at radius 1 is 1.21 bits per heavy atom. The van der Waals surface area contributed by atoms with Crippen LogP contribution in [0.3, 0.4) is 0 Å². The van der Waals surface area contributed by atoms with Crippen molar-refractivity contribution in [1.29, 1.82) is 0 Å². The summed E-state index contributed by atoms with van der Waals surface area (Å²) in [6.07, 6.45) is -2.56. The predicted molar refractivity (Wildman–Crippen MR) is 101 cm³/mol. The fourth-order valence-corrected chi connectivity index (χ4v) is 3.63. The summed E-state index contributed by atoms with van der Waals surface area (Å²) in [5.74, 6) is -1.23. The normalized spacial score (nSPS) is 14.8. The van der Waals surface area contributed by atoms with E-state index in [2.05, 4.69) is 10.1 Å². The molecule has 1 aliphatic heterocycles. The molecule has 0 radical (unpaired) electrons. The number of hydrogen-bond donors (Lipinski definition) is 1. The molecule has 1 N–H and O–H groups in total. The van der Waals surface area contributed by atoms with Gasteiger partial charge in [-0.15, -0.1) is 0 Å². The number of alkyl halides is 3. The second kappa shape index (κ2) is 7.14. The van der Waals surface area contributed by atoms with Gasteiger partial charge in [-0.1, -0.05) is 18.2 Å². The smallest absolute Gasteiger partial charge is 0.303 e. The lowest BCUT2D eigenvalue weighted by molar-refractivity contribution is -0.145. The summed E-state index contributed by atoms with van der Waals surface area (Å²) in [6.45, 7) is 5.33. The molecular weight excluding hydrogens is 383 g/mol. The van der Waals surface area contributed by atoms with E-state index in [-0.39, 0.29) is 12.2 Å². The Balaban J connectivity index is 1.56. The Labute approximate surface area is 165 Å². The van der Waals surface area contributed by atoms with Crippen molar-refractivity contribution in [1.82, 2.24) is 24.6 Å². The Hall–Kier alpha value is -2.94. The summed E-state index contributed by atoms with van der Waals surface area (Å²) in [5.41, 5.74) is 3.91. The standard InChI is InChI=1S/C20H20F3N5O/c1-12-5-3-4-6-17(12)28-13(2)14(9-24-28)10-27-8-7-16-15(11-27)18(29)26-19(25-16)20(21,22)23/h3-6,9H,7-8,10-11H2,1-2H3,(H,25,26,29). The van der Waals surface area contributed by atoms with Crippen molar-refractivity contribution >= 4 is 0 Å². The fraction of sp³-hybridized carbons (Fsp3) is 0.350. The number of H-pyrrole nitrogens is 1. The summed E-state index contributed by atoms with van der Waals surface area (Å²) in [5, 5.41) is 4.50. The Kier molecular flexibility index (Phi) is 4.77. The lowest BCUT2D eigenvalue weighted by atomic mass is 10.1. The number of nitrogens with zero attached hydrogens (tertiary/aromatic N) is 4. The molecular formula is C20H20F3N5O. The quantitative estimate of drug-likeness (QED) is 0.730. The van der Waals surface area contributed by atoms with Crippen molar-refractivity contribution in [3.63, 3.8) is 0 Å². The van der Waals surface area contributed by atoms with Crippen LogP contribution in [0, 0.1) is 13.8 Å². The van der Waals surface area contributed by atoms with Crippen LogP contribution >= 0.6 is 0 Å². The number of halogens is 3. The maximum absolute atomic E-state index is 12.9. The third-order valence-corrected chi connectivity index (χ3v) is 5.27. The van der Waals surface area contributed by atoms with E-state index >= 15 is 0 Å². The molecule has 0 saturated heterocycles. The largest absolute Gasteiger partial charge is 0.449 e. The number of hydrogen-bond acceptors (Lipinski definition) is 4. The molecule has 4 rings (SSSR count). The summed E-state index contributed by atoms with van der Waals surface area (Å²) in [4.78, 5) is 19.7. The van der Waals surface area contributed by atoms with E-state index in [9.17, 15) is 18.0 Å². The first-order chi connectivity index (χ1) is 13.7. The van der Waals surface area contributed by atoms with Gasteiger partial charge in [-0.05, 0) is 25.5 Å². The van der Waals surface area contributed by atoms with E-state index in [1.807, 2.05) is 52.7 Å². The molecule has 3 aromatic rings. The highest BCUT2D eigenvalue weighted by Crippen LogP contribution is 2.27. The second-order valence-electron chi connectivity index (χ2n) is 7.25. The molecule has 29 heavy (non-hydrogen) atoms. The van der Waals surface area contributed by atoms with Gasteiger partial charge in [0.05, 0.1) is 23.1 Å². The Bertz CT molecular complexity index is 1120. The van der Waals surface area contributed by atoms with Gasteiger partial charge in [0.2, 0.25) is 5.82 Å². The van der Waals surface area contributed by atoms with Crippen LogP contribution < -0.4 is 5.56 Å². The molecule has 0 fully saturated rings.